The van der Waals surface area contributed by atoms with Gasteiger partial charge < -0.3 is 14.5 Å². The van der Waals surface area contributed by atoms with Gasteiger partial charge in [0.25, 0.3) is 0 Å². The molecule has 1 aliphatic heterocycles. The maximum absolute atomic E-state index is 12.6. The molecule has 0 bridgehead atoms. The zero-order chi connectivity index (χ0) is 21.7. The van der Waals surface area contributed by atoms with Gasteiger partial charge in [-0.05, 0) is 30.5 Å². The van der Waals surface area contributed by atoms with E-state index in [0.29, 0.717) is 54.3 Å². The molecule has 31 heavy (non-hydrogen) atoms. The second-order valence-electron chi connectivity index (χ2n) is 7.78. The summed E-state index contributed by atoms with van der Waals surface area (Å²) in [6, 6.07) is 15.3. The third-order valence-corrected chi connectivity index (χ3v) is 6.30. The number of carbonyl (C=O) groups excluding carboxylic acids is 1. The molecule has 0 radical (unpaired) electrons. The summed E-state index contributed by atoms with van der Waals surface area (Å²) in [4.78, 5) is 16.9. The number of aromatic nitrogens is 1. The third-order valence-electron chi connectivity index (χ3n) is 5.75. The molecule has 1 N–H and O–H groups in total. The van der Waals surface area contributed by atoms with Crippen molar-refractivity contribution in [2.45, 2.75) is 31.1 Å². The Morgan fingerprint density at radius 2 is 1.87 bits per heavy atom. The maximum atomic E-state index is 12.6. The number of nitrogens with zero attached hydrogens (tertiary/aromatic N) is 1. The highest BCUT2D eigenvalue weighted by atomic mass is 35.5. The lowest BCUT2D eigenvalue weighted by molar-refractivity contribution is -0.121. The van der Waals surface area contributed by atoms with E-state index in [1.807, 2.05) is 42.5 Å². The number of hydrogen-bond donors (Lipinski definition) is 1. The van der Waals surface area contributed by atoms with Gasteiger partial charge in [0.1, 0.15) is 0 Å². The van der Waals surface area contributed by atoms with Crippen molar-refractivity contribution in [2.75, 3.05) is 19.8 Å². The van der Waals surface area contributed by atoms with Crippen molar-refractivity contribution in [1.29, 1.82) is 0 Å². The average molecular weight is 459 g/mol. The van der Waals surface area contributed by atoms with E-state index in [1.54, 1.807) is 12.3 Å². The number of aryl methyl sites for hydroxylation is 1. The van der Waals surface area contributed by atoms with E-state index in [4.69, 9.17) is 32.4 Å². The van der Waals surface area contributed by atoms with Crippen molar-refractivity contribution in [3.05, 3.63) is 76.2 Å². The number of halogens is 2. The first kappa shape index (κ1) is 21.9. The molecule has 1 aliphatic rings. The van der Waals surface area contributed by atoms with Gasteiger partial charge in [-0.25, -0.2) is 4.98 Å². The molecule has 2 aromatic carbocycles. The van der Waals surface area contributed by atoms with Crippen molar-refractivity contribution in [3.63, 3.8) is 0 Å². The summed E-state index contributed by atoms with van der Waals surface area (Å²) in [7, 11) is 0. The summed E-state index contributed by atoms with van der Waals surface area (Å²) in [5, 5.41) is 4.31. The smallest absolute Gasteiger partial charge is 0.220 e. The number of oxazole rings is 1. The van der Waals surface area contributed by atoms with Crippen molar-refractivity contribution >= 4 is 29.1 Å². The summed E-state index contributed by atoms with van der Waals surface area (Å²) in [6.07, 6.45) is 4.01. The highest BCUT2D eigenvalue weighted by Crippen LogP contribution is 2.39. The first-order valence-corrected chi connectivity index (χ1v) is 11.1. The van der Waals surface area contributed by atoms with E-state index in [0.717, 1.165) is 24.0 Å². The molecule has 2 heterocycles. The fourth-order valence-electron chi connectivity index (χ4n) is 3.96. The minimum absolute atomic E-state index is 0.0459. The average Bonchev–Trinajstić information content (AvgIpc) is 3.27. The molecule has 0 spiro atoms. The molecule has 0 unspecified atom stereocenters. The number of carbonyl (C=O) groups is 1. The molecule has 1 amide bonds. The van der Waals surface area contributed by atoms with E-state index >= 15 is 0 Å². The van der Waals surface area contributed by atoms with Gasteiger partial charge in [0.05, 0.1) is 6.20 Å². The first-order chi connectivity index (χ1) is 15.1. The minimum Gasteiger partial charge on any atom is -0.441 e. The first-order valence-electron chi connectivity index (χ1n) is 10.4. The Morgan fingerprint density at radius 3 is 2.61 bits per heavy atom. The Kier molecular flexibility index (Phi) is 6.96. The Labute approximate surface area is 191 Å². The SMILES string of the molecule is O=C(CCc1ncc(-c2ccccc2)o1)NCC1(c2ccc(Cl)cc2Cl)CCOCC1. The van der Waals surface area contributed by atoms with Crippen LogP contribution in [0.15, 0.2) is 59.1 Å². The van der Waals surface area contributed by atoms with Gasteiger partial charge in [-0.3, -0.25) is 4.79 Å². The molecule has 162 valence electrons. The summed E-state index contributed by atoms with van der Waals surface area (Å²) in [5.74, 6) is 1.21. The van der Waals surface area contributed by atoms with Gasteiger partial charge in [-0.1, -0.05) is 59.6 Å². The molecular formula is C24H24Cl2N2O3. The van der Waals surface area contributed by atoms with Crippen LogP contribution in [0.5, 0.6) is 0 Å². The fourth-order valence-corrected chi connectivity index (χ4v) is 4.57. The van der Waals surface area contributed by atoms with E-state index in [2.05, 4.69) is 10.3 Å². The largest absolute Gasteiger partial charge is 0.441 e. The Balaban J connectivity index is 1.37. The number of rotatable bonds is 7. The zero-order valence-electron chi connectivity index (χ0n) is 17.1. The number of amides is 1. The second kappa shape index (κ2) is 9.86. The van der Waals surface area contributed by atoms with Gasteiger partial charge >= 0.3 is 0 Å². The van der Waals surface area contributed by atoms with Gasteiger partial charge in [-0.2, -0.15) is 0 Å². The van der Waals surface area contributed by atoms with Crippen molar-refractivity contribution in [2.24, 2.45) is 0 Å². The van der Waals surface area contributed by atoms with Crippen LogP contribution < -0.4 is 5.32 Å². The molecule has 1 saturated heterocycles. The molecule has 4 rings (SSSR count). The lowest BCUT2D eigenvalue weighted by Crippen LogP contribution is -2.44. The normalized spacial score (nSPS) is 15.5. The summed E-state index contributed by atoms with van der Waals surface area (Å²) >= 11 is 12.6. The standard InChI is InChI=1S/C24H24Cl2N2O3/c25-18-6-7-19(20(26)14-18)24(10-12-30-13-11-24)16-28-22(29)8-9-23-27-15-21(31-23)17-4-2-1-3-5-17/h1-7,14-15H,8-13,16H2,(H,28,29). The quantitative estimate of drug-likeness (QED) is 0.511. The van der Waals surface area contributed by atoms with Gasteiger partial charge in [-0.15, -0.1) is 0 Å². The van der Waals surface area contributed by atoms with Crippen molar-refractivity contribution < 1.29 is 13.9 Å². The molecule has 5 nitrogen and oxygen atoms in total. The third kappa shape index (κ3) is 5.29. The Morgan fingerprint density at radius 1 is 1.10 bits per heavy atom. The Bertz CT molecular complexity index is 1030. The number of hydrogen-bond acceptors (Lipinski definition) is 4. The number of nitrogens with one attached hydrogen (secondary N) is 1. The lowest BCUT2D eigenvalue weighted by Gasteiger charge is -2.38. The van der Waals surface area contributed by atoms with Crippen molar-refractivity contribution in [1.82, 2.24) is 10.3 Å². The summed E-state index contributed by atoms with van der Waals surface area (Å²) in [6.45, 7) is 1.76. The number of benzene rings is 2. The highest BCUT2D eigenvalue weighted by Gasteiger charge is 2.36. The minimum atomic E-state index is -0.265. The Hall–Kier alpha value is -2.34. The lowest BCUT2D eigenvalue weighted by atomic mass is 9.74. The van der Waals surface area contributed by atoms with Crippen LogP contribution in [0.1, 0.15) is 30.7 Å². The van der Waals surface area contributed by atoms with Crippen LogP contribution in [-0.2, 0) is 21.4 Å². The van der Waals surface area contributed by atoms with E-state index in [9.17, 15) is 4.79 Å². The van der Waals surface area contributed by atoms with Crippen LogP contribution in [0, 0.1) is 0 Å². The monoisotopic (exact) mass is 458 g/mol. The van der Waals surface area contributed by atoms with Crippen LogP contribution >= 0.6 is 23.2 Å². The molecule has 0 aliphatic carbocycles. The second-order valence-corrected chi connectivity index (χ2v) is 8.62. The topological polar surface area (TPSA) is 64.4 Å². The molecule has 1 fully saturated rings. The fraction of sp³-hybridized carbons (Fsp3) is 0.333. The van der Waals surface area contributed by atoms with Crippen molar-refractivity contribution in [3.8, 4) is 11.3 Å². The maximum Gasteiger partial charge on any atom is 0.220 e. The number of ether oxygens (including phenoxy) is 1. The summed E-state index contributed by atoms with van der Waals surface area (Å²) in [5.41, 5.74) is 1.70. The predicted octanol–water partition coefficient (Wildman–Crippen LogP) is 5.45. The summed E-state index contributed by atoms with van der Waals surface area (Å²) < 4.78 is 11.4. The molecule has 1 aromatic heterocycles. The van der Waals surface area contributed by atoms with Crippen LogP contribution in [0.25, 0.3) is 11.3 Å². The van der Waals surface area contributed by atoms with Crippen LogP contribution in [-0.4, -0.2) is 30.6 Å². The van der Waals surface area contributed by atoms with E-state index in [-0.39, 0.29) is 11.3 Å². The molecule has 7 heteroatoms. The predicted molar refractivity (Wildman–Crippen MR) is 121 cm³/mol. The molecule has 0 saturated carbocycles. The van der Waals surface area contributed by atoms with Crippen LogP contribution in [0.4, 0.5) is 0 Å². The van der Waals surface area contributed by atoms with Crippen LogP contribution in [0.2, 0.25) is 10.0 Å². The zero-order valence-corrected chi connectivity index (χ0v) is 18.6. The van der Waals surface area contributed by atoms with E-state index < -0.39 is 0 Å². The van der Waals surface area contributed by atoms with E-state index in [1.165, 1.54) is 0 Å². The van der Waals surface area contributed by atoms with Gasteiger partial charge in [0.15, 0.2) is 11.7 Å². The molecule has 0 atom stereocenters. The van der Waals surface area contributed by atoms with Gasteiger partial charge in [0.2, 0.25) is 5.91 Å². The van der Waals surface area contributed by atoms with Gasteiger partial charge in [0, 0.05) is 53.6 Å². The van der Waals surface area contributed by atoms with Crippen LogP contribution in [0.3, 0.4) is 0 Å². The highest BCUT2D eigenvalue weighted by molar-refractivity contribution is 6.35. The molecule has 3 aromatic rings. The molecular weight excluding hydrogens is 435 g/mol.